The Bertz CT molecular complexity index is 1580. The van der Waals surface area contributed by atoms with E-state index in [1.165, 1.54) is 23.1 Å². The van der Waals surface area contributed by atoms with Crippen LogP contribution in [0.25, 0.3) is 0 Å². The third-order valence-corrected chi connectivity index (χ3v) is 8.29. The van der Waals surface area contributed by atoms with E-state index >= 15 is 4.39 Å². The minimum atomic E-state index is -4.77. The Morgan fingerprint density at radius 3 is 2.40 bits per heavy atom. The summed E-state index contributed by atoms with van der Waals surface area (Å²) in [6.45, 7) is -3.54. The molecule has 2 amide bonds. The van der Waals surface area contributed by atoms with Gasteiger partial charge in [0.15, 0.2) is 0 Å². The third-order valence-electron chi connectivity index (χ3n) is 8.29. The molecule has 0 bridgehead atoms. The number of amides is 2. The standard InChI is InChI=1S/C33H35F4N3O3/c1-20-6-4-10-28(34)29(20)32(43)40-17-5-9-26(30(40)21-11-14-24(15-12-21)38-23-7-2-3-8-23)31(42)39-25-16-13-22(19-41)27(18-25)33(35,36)37/h4,6,10-16,18,23,26,30,38,41H,2-3,5,7-9,17,19H2,1H3,(H,39,42)/t26-,30-/m0/s1/i1D3. The highest BCUT2D eigenvalue weighted by molar-refractivity contribution is 5.98. The molecule has 1 heterocycles. The Morgan fingerprint density at radius 1 is 1.00 bits per heavy atom. The second-order valence-corrected chi connectivity index (χ2v) is 11.1. The fraction of sp³-hybridized carbons (Fsp3) is 0.394. The number of anilines is 2. The fourth-order valence-electron chi connectivity index (χ4n) is 6.17. The number of carbonyl (C=O) groups is 2. The molecule has 1 aliphatic carbocycles. The van der Waals surface area contributed by atoms with Gasteiger partial charge in [0.1, 0.15) is 5.82 Å². The van der Waals surface area contributed by atoms with Gasteiger partial charge in [0.2, 0.25) is 5.91 Å². The van der Waals surface area contributed by atoms with Crippen LogP contribution >= 0.6 is 0 Å². The zero-order valence-corrected chi connectivity index (χ0v) is 23.4. The van der Waals surface area contributed by atoms with Crippen LogP contribution in [-0.2, 0) is 17.6 Å². The molecule has 3 N–H and O–H groups in total. The molecule has 0 spiro atoms. The Morgan fingerprint density at radius 2 is 1.72 bits per heavy atom. The highest BCUT2D eigenvalue weighted by atomic mass is 19.4. The molecule has 1 aliphatic heterocycles. The lowest BCUT2D eigenvalue weighted by Crippen LogP contribution is -2.46. The molecule has 43 heavy (non-hydrogen) atoms. The van der Waals surface area contributed by atoms with E-state index in [-0.39, 0.29) is 24.2 Å². The van der Waals surface area contributed by atoms with E-state index in [9.17, 15) is 27.9 Å². The molecular formula is C33H35F4N3O3. The van der Waals surface area contributed by atoms with Gasteiger partial charge < -0.3 is 20.6 Å². The first-order valence-electron chi connectivity index (χ1n) is 15.9. The van der Waals surface area contributed by atoms with Crippen molar-refractivity contribution in [3.63, 3.8) is 0 Å². The summed E-state index contributed by atoms with van der Waals surface area (Å²) in [6.07, 6.45) is 0.130. The van der Waals surface area contributed by atoms with Gasteiger partial charge in [0.05, 0.1) is 29.7 Å². The molecule has 3 aromatic rings. The summed E-state index contributed by atoms with van der Waals surface area (Å²) in [5.74, 6) is -3.54. The smallest absolute Gasteiger partial charge is 0.392 e. The maximum Gasteiger partial charge on any atom is 0.416 e. The van der Waals surface area contributed by atoms with Crippen LogP contribution in [0.2, 0.25) is 0 Å². The van der Waals surface area contributed by atoms with Crippen LogP contribution in [-0.4, -0.2) is 34.4 Å². The Kier molecular flexibility index (Phi) is 7.91. The highest BCUT2D eigenvalue weighted by Crippen LogP contribution is 2.40. The largest absolute Gasteiger partial charge is 0.416 e. The fourth-order valence-corrected chi connectivity index (χ4v) is 6.17. The molecule has 0 unspecified atom stereocenters. The molecule has 6 nitrogen and oxygen atoms in total. The van der Waals surface area contributed by atoms with Crippen molar-refractivity contribution in [1.29, 1.82) is 0 Å². The van der Waals surface area contributed by atoms with Crippen LogP contribution in [0.4, 0.5) is 28.9 Å². The van der Waals surface area contributed by atoms with Gasteiger partial charge in [0.25, 0.3) is 5.91 Å². The number of halogens is 4. The summed E-state index contributed by atoms with van der Waals surface area (Å²) in [5.41, 5.74) is -1.28. The monoisotopic (exact) mass is 600 g/mol. The number of nitrogens with zero attached hydrogens (tertiary/aromatic N) is 1. The lowest BCUT2D eigenvalue weighted by molar-refractivity contribution is -0.138. The lowest BCUT2D eigenvalue weighted by Gasteiger charge is -2.41. The van der Waals surface area contributed by atoms with Crippen molar-refractivity contribution >= 4 is 23.2 Å². The number of nitrogens with one attached hydrogen (secondary N) is 2. The number of aryl methyl sites for hydroxylation is 1. The van der Waals surface area contributed by atoms with E-state index in [4.69, 9.17) is 4.11 Å². The molecule has 1 saturated heterocycles. The number of aliphatic hydroxyl groups excluding tert-OH is 1. The van der Waals surface area contributed by atoms with Gasteiger partial charge >= 0.3 is 6.18 Å². The molecule has 0 aromatic heterocycles. The van der Waals surface area contributed by atoms with Gasteiger partial charge in [-0.3, -0.25) is 9.59 Å². The van der Waals surface area contributed by atoms with Gasteiger partial charge in [-0.05, 0) is 79.6 Å². The van der Waals surface area contributed by atoms with Crippen LogP contribution in [0.15, 0.2) is 60.7 Å². The number of rotatable bonds is 7. The van der Waals surface area contributed by atoms with E-state index in [1.54, 1.807) is 12.1 Å². The number of hydrogen-bond donors (Lipinski definition) is 3. The maximum absolute atomic E-state index is 15.2. The molecule has 3 aromatic carbocycles. The van der Waals surface area contributed by atoms with E-state index < -0.39 is 65.9 Å². The van der Waals surface area contributed by atoms with Crippen molar-refractivity contribution < 1.29 is 36.4 Å². The van der Waals surface area contributed by atoms with Crippen molar-refractivity contribution in [3.8, 4) is 0 Å². The molecule has 5 rings (SSSR count). The van der Waals surface area contributed by atoms with E-state index in [2.05, 4.69) is 10.6 Å². The summed E-state index contributed by atoms with van der Waals surface area (Å²) >= 11 is 0. The summed E-state index contributed by atoms with van der Waals surface area (Å²) < 4.78 is 79.9. The Hall–Kier alpha value is -3.92. The topological polar surface area (TPSA) is 81.7 Å². The molecule has 1 saturated carbocycles. The van der Waals surface area contributed by atoms with Crippen LogP contribution in [0.5, 0.6) is 0 Å². The van der Waals surface area contributed by atoms with E-state index in [0.717, 1.165) is 49.6 Å². The molecule has 2 aliphatic rings. The van der Waals surface area contributed by atoms with Gasteiger partial charge in [0, 0.05) is 28.1 Å². The van der Waals surface area contributed by atoms with Crippen LogP contribution in [0.1, 0.15) is 81.3 Å². The van der Waals surface area contributed by atoms with Crippen LogP contribution in [0.3, 0.4) is 0 Å². The first-order chi connectivity index (χ1) is 21.8. The summed E-state index contributed by atoms with van der Waals surface area (Å²) in [4.78, 5) is 29.2. The van der Waals surface area contributed by atoms with Crippen LogP contribution < -0.4 is 10.6 Å². The molecular weight excluding hydrogens is 562 g/mol. The van der Waals surface area contributed by atoms with Crippen LogP contribution in [0, 0.1) is 18.6 Å². The Labute approximate surface area is 252 Å². The maximum atomic E-state index is 15.2. The SMILES string of the molecule is [2H]C([2H])([2H])c1cccc(F)c1C(=O)N1CCC[C@H](C(=O)Nc2ccc(CO)c(C(F)(F)F)c2)[C@@H]1c1ccc(NC2CCCC2)cc1. The predicted octanol–water partition coefficient (Wildman–Crippen LogP) is 7.23. The van der Waals surface area contributed by atoms with Gasteiger partial charge in [-0.15, -0.1) is 0 Å². The normalized spacial score (nSPS) is 20.7. The number of alkyl halides is 3. The minimum Gasteiger partial charge on any atom is -0.392 e. The molecule has 0 radical (unpaired) electrons. The molecule has 2 atom stereocenters. The lowest BCUT2D eigenvalue weighted by atomic mass is 9.83. The van der Waals surface area contributed by atoms with E-state index in [0.29, 0.717) is 18.0 Å². The average Bonchev–Trinajstić information content (AvgIpc) is 3.53. The zero-order valence-electron chi connectivity index (χ0n) is 26.4. The summed E-state index contributed by atoms with van der Waals surface area (Å²) in [7, 11) is 0. The molecule has 2 fully saturated rings. The van der Waals surface area contributed by atoms with Gasteiger partial charge in [-0.2, -0.15) is 13.2 Å². The number of benzene rings is 3. The second kappa shape index (κ2) is 12.8. The van der Waals surface area contributed by atoms with Crippen molar-refractivity contribution in [2.75, 3.05) is 17.2 Å². The van der Waals surface area contributed by atoms with Gasteiger partial charge in [-0.25, -0.2) is 4.39 Å². The van der Waals surface area contributed by atoms with Gasteiger partial charge in [-0.1, -0.05) is 43.2 Å². The number of carbonyl (C=O) groups excluding carboxylic acids is 2. The zero-order chi connectivity index (χ0) is 33.2. The quantitative estimate of drug-likeness (QED) is 0.250. The summed E-state index contributed by atoms with van der Waals surface area (Å²) in [5, 5.41) is 15.4. The molecule has 228 valence electrons. The number of hydrogen-bond acceptors (Lipinski definition) is 4. The van der Waals surface area contributed by atoms with Crippen molar-refractivity contribution in [2.24, 2.45) is 5.92 Å². The van der Waals surface area contributed by atoms with Crippen molar-refractivity contribution in [1.82, 2.24) is 4.90 Å². The number of likely N-dealkylation sites (tertiary alicyclic amines) is 1. The van der Waals surface area contributed by atoms with E-state index in [1.807, 2.05) is 12.1 Å². The van der Waals surface area contributed by atoms with Crippen molar-refractivity contribution in [3.05, 3.63) is 94.3 Å². The third kappa shape index (κ3) is 6.69. The number of aliphatic hydroxyl groups is 1. The predicted molar refractivity (Wildman–Crippen MR) is 156 cm³/mol. The average molecular weight is 601 g/mol. The minimum absolute atomic E-state index is 0.0908. The molecule has 10 heteroatoms. The summed E-state index contributed by atoms with van der Waals surface area (Å²) in [6, 6.07) is 13.0. The number of piperidine rings is 1. The first-order valence-corrected chi connectivity index (χ1v) is 14.4. The second-order valence-electron chi connectivity index (χ2n) is 11.1. The Balaban J connectivity index is 1.52. The first kappa shape index (κ1) is 26.7. The highest BCUT2D eigenvalue weighted by Gasteiger charge is 2.41. The van der Waals surface area contributed by atoms with Crippen molar-refractivity contribution in [2.45, 2.75) is 70.2 Å².